The van der Waals surface area contributed by atoms with E-state index in [9.17, 15) is 13.2 Å². The molecule has 2 amide bonds. The number of nitrogens with one attached hydrogen (secondary N) is 3. The molecule has 2 aromatic carbocycles. The lowest BCUT2D eigenvalue weighted by Crippen LogP contribution is -2.34. The quantitative estimate of drug-likeness (QED) is 0.250. The number of imidazole rings is 1. The Morgan fingerprint density at radius 2 is 1.70 bits per heavy atom. The number of aromatic nitrogens is 4. The predicted molar refractivity (Wildman–Crippen MR) is 170 cm³/mol. The Morgan fingerprint density at radius 1 is 1.02 bits per heavy atom. The Kier molecular flexibility index (Phi) is 8.49. The number of urea groups is 1. The molecular weight excluding hydrogens is 562 g/mol. The minimum Gasteiger partial charge on any atom is -0.337 e. The van der Waals surface area contributed by atoms with Crippen molar-refractivity contribution < 1.29 is 13.2 Å². The van der Waals surface area contributed by atoms with Gasteiger partial charge in [0.1, 0.15) is 11.6 Å². The summed E-state index contributed by atoms with van der Waals surface area (Å²) in [6.45, 7) is 11.5. The minimum absolute atomic E-state index is 0.0481. The lowest BCUT2D eigenvalue weighted by molar-refractivity contribution is 0.262. The summed E-state index contributed by atoms with van der Waals surface area (Å²) in [6, 6.07) is 16.5. The Labute approximate surface area is 253 Å². The molecule has 0 spiro atoms. The van der Waals surface area contributed by atoms with Gasteiger partial charge in [0, 0.05) is 30.4 Å². The maximum Gasteiger partial charge on any atom is 0.324 e. The fourth-order valence-corrected chi connectivity index (χ4v) is 7.61. The van der Waals surface area contributed by atoms with Crippen molar-refractivity contribution in [1.82, 2.24) is 24.6 Å². The molecule has 5 rings (SSSR count). The van der Waals surface area contributed by atoms with Gasteiger partial charge in [0.2, 0.25) is 9.84 Å². The SMILES string of the molecule is Cc1ccc(-n2nc(C(C)(C)C)cc2NC(=O)Nc2ccccc2C(C2CCNCC2)S(=O)(=O)c2cn(C)c(C)n2)cc1. The first-order valence-corrected chi connectivity index (χ1v) is 16.2. The highest BCUT2D eigenvalue weighted by molar-refractivity contribution is 7.91. The number of nitrogens with zero attached hydrogens (tertiary/aromatic N) is 4. The lowest BCUT2D eigenvalue weighted by atomic mass is 9.89. The number of carbonyl (C=O) groups is 1. The zero-order valence-electron chi connectivity index (χ0n) is 25.7. The number of hydrogen-bond donors (Lipinski definition) is 3. The summed E-state index contributed by atoms with van der Waals surface area (Å²) in [4.78, 5) is 17.9. The molecule has 1 aliphatic rings. The summed E-state index contributed by atoms with van der Waals surface area (Å²) in [5, 5.41) is 13.2. The maximum absolute atomic E-state index is 14.2. The third-order valence-corrected chi connectivity index (χ3v) is 10.1. The first kappa shape index (κ1) is 30.5. The molecule has 1 atom stereocenters. The van der Waals surface area contributed by atoms with Gasteiger partial charge < -0.3 is 15.2 Å². The molecule has 4 aromatic rings. The third kappa shape index (κ3) is 6.52. The van der Waals surface area contributed by atoms with Gasteiger partial charge in [0.15, 0.2) is 5.03 Å². The molecule has 0 bridgehead atoms. The van der Waals surface area contributed by atoms with E-state index >= 15 is 0 Å². The second-order valence-corrected chi connectivity index (χ2v) is 14.4. The number of aryl methyl sites for hydroxylation is 3. The summed E-state index contributed by atoms with van der Waals surface area (Å²) in [5.41, 5.74) is 3.52. The standard InChI is InChI=1S/C32H41N7O3S/c1-21-11-13-24(14-12-21)39-28(19-27(37-39)32(3,4)5)36-31(40)35-26-10-8-7-9-25(26)30(23-15-17-33-18-16-23)43(41,42)29-20-38(6)22(2)34-29/h7-14,19-20,23,30,33H,15-18H2,1-6H3,(H2,35,36,40). The van der Waals surface area contributed by atoms with Crippen LogP contribution in [0.5, 0.6) is 0 Å². The average molecular weight is 604 g/mol. The number of para-hydroxylation sites is 1. The van der Waals surface area contributed by atoms with Crippen LogP contribution in [0.15, 0.2) is 65.8 Å². The van der Waals surface area contributed by atoms with Crippen molar-refractivity contribution in [3.63, 3.8) is 0 Å². The van der Waals surface area contributed by atoms with Crippen molar-refractivity contribution in [3.05, 3.63) is 83.4 Å². The highest BCUT2D eigenvalue weighted by atomic mass is 32.2. The summed E-state index contributed by atoms with van der Waals surface area (Å²) in [7, 11) is -2.09. The zero-order valence-corrected chi connectivity index (χ0v) is 26.5. The van der Waals surface area contributed by atoms with Crippen molar-refractivity contribution in [2.24, 2.45) is 13.0 Å². The summed E-state index contributed by atoms with van der Waals surface area (Å²) in [6.07, 6.45) is 2.96. The first-order chi connectivity index (χ1) is 20.3. The molecule has 2 aromatic heterocycles. The fraction of sp³-hybridized carbons (Fsp3) is 0.406. The van der Waals surface area contributed by atoms with Crippen LogP contribution in [-0.4, -0.2) is 46.9 Å². The molecule has 1 aliphatic heterocycles. The van der Waals surface area contributed by atoms with Crippen LogP contribution >= 0.6 is 0 Å². The maximum atomic E-state index is 14.2. The van der Waals surface area contributed by atoms with Gasteiger partial charge in [-0.1, -0.05) is 56.7 Å². The molecule has 0 aliphatic carbocycles. The average Bonchev–Trinajstić information content (AvgIpc) is 3.54. The number of piperidine rings is 1. The van der Waals surface area contributed by atoms with Crippen molar-refractivity contribution in [2.75, 3.05) is 23.7 Å². The Bertz CT molecular complexity index is 1690. The monoisotopic (exact) mass is 603 g/mol. The number of carbonyl (C=O) groups excluding carboxylic acids is 1. The molecule has 1 unspecified atom stereocenters. The van der Waals surface area contributed by atoms with Gasteiger partial charge in [-0.05, 0) is 69.5 Å². The van der Waals surface area contributed by atoms with E-state index in [1.54, 1.807) is 47.6 Å². The van der Waals surface area contributed by atoms with Crippen LogP contribution in [0.25, 0.3) is 5.69 Å². The number of amides is 2. The second kappa shape index (κ2) is 12.0. The van der Waals surface area contributed by atoms with Gasteiger partial charge in [-0.25, -0.2) is 22.9 Å². The van der Waals surface area contributed by atoms with E-state index in [-0.39, 0.29) is 16.4 Å². The number of anilines is 2. The van der Waals surface area contributed by atoms with Crippen molar-refractivity contribution in [2.45, 2.75) is 63.2 Å². The zero-order chi connectivity index (χ0) is 30.9. The van der Waals surface area contributed by atoms with E-state index < -0.39 is 21.1 Å². The van der Waals surface area contributed by atoms with Gasteiger partial charge in [-0.3, -0.25) is 5.32 Å². The van der Waals surface area contributed by atoms with Gasteiger partial charge in [-0.2, -0.15) is 5.10 Å². The topological polar surface area (TPSA) is 123 Å². The lowest BCUT2D eigenvalue weighted by Gasteiger charge is -2.31. The smallest absolute Gasteiger partial charge is 0.324 e. The van der Waals surface area contributed by atoms with Gasteiger partial charge in [0.25, 0.3) is 0 Å². The van der Waals surface area contributed by atoms with Crippen LogP contribution < -0.4 is 16.0 Å². The molecule has 10 nitrogen and oxygen atoms in total. The molecule has 0 saturated carbocycles. The van der Waals surface area contributed by atoms with E-state index in [0.717, 1.165) is 30.0 Å². The van der Waals surface area contributed by atoms with Crippen molar-refractivity contribution >= 4 is 27.4 Å². The minimum atomic E-state index is -3.88. The second-order valence-electron chi connectivity index (χ2n) is 12.4. The Balaban J connectivity index is 1.49. The number of hydrogen-bond acceptors (Lipinski definition) is 6. The highest BCUT2D eigenvalue weighted by Gasteiger charge is 2.39. The third-order valence-electron chi connectivity index (χ3n) is 8.04. The van der Waals surface area contributed by atoms with Crippen molar-refractivity contribution in [1.29, 1.82) is 0 Å². The summed E-state index contributed by atoms with van der Waals surface area (Å²) in [5.74, 6) is 0.986. The van der Waals surface area contributed by atoms with Gasteiger partial charge in [0.05, 0.1) is 16.6 Å². The normalized spacial score (nSPS) is 15.3. The molecule has 1 fully saturated rings. The van der Waals surface area contributed by atoms with Crippen LogP contribution in [-0.2, 0) is 22.3 Å². The van der Waals surface area contributed by atoms with Crippen LogP contribution in [0.1, 0.15) is 61.5 Å². The molecule has 228 valence electrons. The van der Waals surface area contributed by atoms with Crippen LogP contribution in [0, 0.1) is 19.8 Å². The summed E-state index contributed by atoms with van der Waals surface area (Å²) >= 11 is 0. The van der Waals surface area contributed by atoms with E-state index in [0.29, 0.717) is 35.7 Å². The highest BCUT2D eigenvalue weighted by Crippen LogP contribution is 2.42. The Morgan fingerprint density at radius 3 is 2.33 bits per heavy atom. The Hall–Kier alpha value is -3.96. The first-order valence-electron chi connectivity index (χ1n) is 14.6. The van der Waals surface area contributed by atoms with Gasteiger partial charge >= 0.3 is 6.03 Å². The van der Waals surface area contributed by atoms with Crippen LogP contribution in [0.4, 0.5) is 16.3 Å². The fourth-order valence-electron chi connectivity index (χ4n) is 5.46. The van der Waals surface area contributed by atoms with Gasteiger partial charge in [-0.15, -0.1) is 0 Å². The van der Waals surface area contributed by atoms with Crippen LogP contribution in [0.3, 0.4) is 0 Å². The molecule has 3 heterocycles. The van der Waals surface area contributed by atoms with Crippen LogP contribution in [0.2, 0.25) is 0 Å². The molecule has 1 saturated heterocycles. The van der Waals surface area contributed by atoms with E-state index in [1.807, 2.05) is 43.3 Å². The van der Waals surface area contributed by atoms with E-state index in [1.165, 1.54) is 0 Å². The summed E-state index contributed by atoms with van der Waals surface area (Å²) < 4.78 is 31.9. The number of sulfone groups is 1. The predicted octanol–water partition coefficient (Wildman–Crippen LogP) is 5.68. The van der Waals surface area contributed by atoms with E-state index in [2.05, 4.69) is 41.7 Å². The van der Waals surface area contributed by atoms with Crippen molar-refractivity contribution in [3.8, 4) is 5.69 Å². The largest absolute Gasteiger partial charge is 0.337 e. The molecule has 0 radical (unpaired) electrons. The molecular formula is C32H41N7O3S. The molecule has 43 heavy (non-hydrogen) atoms. The number of benzene rings is 2. The number of rotatable bonds is 7. The van der Waals surface area contributed by atoms with E-state index in [4.69, 9.17) is 5.10 Å². The molecule has 3 N–H and O–H groups in total. The molecule has 11 heteroatoms.